The van der Waals surface area contributed by atoms with E-state index in [1.165, 1.54) is 0 Å². The van der Waals surface area contributed by atoms with Gasteiger partial charge in [0.1, 0.15) is 24.8 Å². The molecule has 1 aliphatic rings. The molecule has 0 saturated carbocycles. The molecule has 1 heterocycles. The van der Waals surface area contributed by atoms with E-state index in [1.54, 1.807) is 0 Å². The van der Waals surface area contributed by atoms with Gasteiger partial charge >= 0.3 is 0 Å². The summed E-state index contributed by atoms with van der Waals surface area (Å²) in [7, 11) is 0. The fourth-order valence-electron chi connectivity index (χ4n) is 7.11. The van der Waals surface area contributed by atoms with Crippen LogP contribution >= 0.6 is 12.6 Å². The quantitative estimate of drug-likeness (QED) is 0.0153. The average molecular weight is 1320 g/mol. The van der Waals surface area contributed by atoms with E-state index < -0.39 is 172 Å². The molecule has 0 aromatic rings. The molecule has 0 aromatic heterocycles. The normalized spacial score (nSPS) is 15.3. The molecule has 0 aliphatic carbocycles. The van der Waals surface area contributed by atoms with Crippen molar-refractivity contribution in [1.82, 2.24) is 52.8 Å². The zero-order valence-corrected chi connectivity index (χ0v) is 51.1. The molecular formula is C52H92N10O27S. The highest BCUT2D eigenvalue weighted by molar-refractivity contribution is 7.81. The maximum Gasteiger partial charge on any atom is 0.243 e. The predicted octanol–water partition coefficient (Wildman–Crippen LogP) is -11.3. The second-order valence-electron chi connectivity index (χ2n) is 19.4. The van der Waals surface area contributed by atoms with Crippen LogP contribution in [0.25, 0.3) is 0 Å². The van der Waals surface area contributed by atoms with Gasteiger partial charge in [-0.2, -0.15) is 12.6 Å². The van der Waals surface area contributed by atoms with Gasteiger partial charge in [-0.1, -0.05) is 0 Å². The van der Waals surface area contributed by atoms with Gasteiger partial charge in [0.05, 0.1) is 168 Å². The van der Waals surface area contributed by atoms with Gasteiger partial charge in [-0.15, -0.1) is 0 Å². The molecule has 0 spiro atoms. The van der Waals surface area contributed by atoms with Crippen LogP contribution in [-0.4, -0.2) is 336 Å². The molecule has 90 heavy (non-hydrogen) atoms. The summed E-state index contributed by atoms with van der Waals surface area (Å²) in [6, 6.07) is -1.32. The molecule has 37 nitrogen and oxygen atoms in total. The zero-order chi connectivity index (χ0) is 66.9. The van der Waals surface area contributed by atoms with Crippen molar-refractivity contribution in [3.8, 4) is 0 Å². The number of imide groups is 1. The van der Waals surface area contributed by atoms with Crippen LogP contribution in [-0.2, 0) is 90.6 Å². The Kier molecular flexibility index (Phi) is 47.1. The van der Waals surface area contributed by atoms with Crippen LogP contribution in [0, 0.1) is 0 Å². The van der Waals surface area contributed by atoms with Crippen LogP contribution in [0.1, 0.15) is 38.5 Å². The summed E-state index contributed by atoms with van der Waals surface area (Å²) in [4.78, 5) is 134. The van der Waals surface area contributed by atoms with Gasteiger partial charge in [0.25, 0.3) is 0 Å². The number of amides is 11. The van der Waals surface area contributed by atoms with E-state index in [2.05, 4.69) is 60.5 Å². The van der Waals surface area contributed by atoms with Gasteiger partial charge in [-0.3, -0.25) is 57.6 Å². The molecule has 518 valence electrons. The van der Waals surface area contributed by atoms with Crippen LogP contribution in [0.4, 0.5) is 0 Å². The van der Waals surface area contributed by atoms with Crippen LogP contribution in [0.2, 0.25) is 0 Å². The van der Waals surface area contributed by atoms with Crippen molar-refractivity contribution in [1.29, 1.82) is 0 Å². The SMILES string of the molecule is O=C(CC[C@H](NC(=O)CCOCCOCCOCCOCCOCCOCCOCCOCCNC(=O)CNC(=O)CNC(=O)CNC(=O)CNC(=O)CNC(=O)CN1C(=O)CC(S)C1=O)C(=O)NC[C@H](O)[C@@H](O)[C@H](O)CCO)NC[C@H](O)[C@@H](O)[C@H](O)CCO. The molecule has 1 fully saturated rings. The lowest BCUT2D eigenvalue weighted by Crippen LogP contribution is -2.51. The molecule has 1 aliphatic heterocycles. The Bertz CT molecular complexity index is 2130. The molecule has 11 amide bonds. The van der Waals surface area contributed by atoms with Crippen LogP contribution in [0.15, 0.2) is 0 Å². The first-order valence-corrected chi connectivity index (χ1v) is 29.5. The van der Waals surface area contributed by atoms with Crippen molar-refractivity contribution < 1.29 is 131 Å². The minimum atomic E-state index is -1.71. The fraction of sp³-hybridized carbons (Fsp3) is 0.788. The summed E-state index contributed by atoms with van der Waals surface area (Å²) in [6.45, 7) is -0.707. The lowest BCUT2D eigenvalue weighted by Gasteiger charge is -2.24. The third-order valence-corrected chi connectivity index (χ3v) is 12.5. The van der Waals surface area contributed by atoms with Crippen LogP contribution in [0.5, 0.6) is 0 Å². The number of ether oxygens (including phenoxy) is 8. The van der Waals surface area contributed by atoms with Crippen molar-refractivity contribution in [3.63, 3.8) is 0 Å². The lowest BCUT2D eigenvalue weighted by atomic mass is 10.0. The van der Waals surface area contributed by atoms with Crippen molar-refractivity contribution in [2.45, 2.75) is 86.4 Å². The first-order valence-electron chi connectivity index (χ1n) is 29.0. The third kappa shape index (κ3) is 41.5. The third-order valence-electron chi connectivity index (χ3n) is 12.1. The molecule has 1 unspecified atom stereocenters. The number of hydrogen-bond donors (Lipinski definition) is 18. The smallest absolute Gasteiger partial charge is 0.243 e. The Labute approximate surface area is 524 Å². The van der Waals surface area contributed by atoms with Crippen LogP contribution < -0.4 is 47.9 Å². The van der Waals surface area contributed by atoms with E-state index in [0.29, 0.717) is 52.9 Å². The minimum absolute atomic E-state index is 0.0590. The number of aliphatic hydroxyl groups excluding tert-OH is 8. The number of rotatable bonds is 56. The van der Waals surface area contributed by atoms with Gasteiger partial charge in [-0.25, -0.2) is 0 Å². The second kappa shape index (κ2) is 51.7. The van der Waals surface area contributed by atoms with Crippen molar-refractivity contribution in [2.75, 3.05) is 178 Å². The monoisotopic (exact) mass is 1320 g/mol. The minimum Gasteiger partial charge on any atom is -0.396 e. The Morgan fingerprint density at radius 3 is 1.16 bits per heavy atom. The fourth-order valence-corrected chi connectivity index (χ4v) is 7.41. The lowest BCUT2D eigenvalue weighted by molar-refractivity contribution is -0.142. The summed E-state index contributed by atoms with van der Waals surface area (Å²) >= 11 is 3.95. The highest BCUT2D eigenvalue weighted by Gasteiger charge is 2.37. The van der Waals surface area contributed by atoms with Gasteiger partial charge in [-0.05, 0) is 19.3 Å². The average Bonchev–Trinajstić information content (AvgIpc) is 2.58. The maximum absolute atomic E-state index is 13.0. The molecule has 0 aromatic carbocycles. The van der Waals surface area contributed by atoms with E-state index >= 15 is 0 Å². The summed E-state index contributed by atoms with van der Waals surface area (Å²) < 4.78 is 43.5. The number of hydrogen-bond acceptors (Lipinski definition) is 28. The largest absolute Gasteiger partial charge is 0.396 e. The van der Waals surface area contributed by atoms with Crippen molar-refractivity contribution in [2.24, 2.45) is 0 Å². The molecule has 38 heteroatoms. The maximum atomic E-state index is 13.0. The van der Waals surface area contributed by atoms with Gasteiger partial charge < -0.3 is 127 Å². The van der Waals surface area contributed by atoms with Gasteiger partial charge in [0.15, 0.2) is 0 Å². The van der Waals surface area contributed by atoms with E-state index in [4.69, 9.17) is 48.1 Å². The zero-order valence-electron chi connectivity index (χ0n) is 50.2. The number of nitrogens with zero attached hydrogens (tertiary/aromatic N) is 1. The van der Waals surface area contributed by atoms with Crippen molar-refractivity contribution in [3.05, 3.63) is 0 Å². The number of thiol groups is 1. The molecular weight excluding hydrogens is 1230 g/mol. The summed E-state index contributed by atoms with van der Waals surface area (Å²) in [5.41, 5.74) is 0. The van der Waals surface area contributed by atoms with Gasteiger partial charge in [0, 0.05) is 52.1 Å². The number of nitrogens with one attached hydrogen (secondary N) is 9. The Hall–Kier alpha value is -5.92. The molecule has 1 rings (SSSR count). The Balaban J connectivity index is 2.00. The van der Waals surface area contributed by atoms with Gasteiger partial charge in [0.2, 0.25) is 65.0 Å². The predicted molar refractivity (Wildman–Crippen MR) is 310 cm³/mol. The number of likely N-dealkylation sites (tertiary alicyclic amines) is 1. The first-order chi connectivity index (χ1) is 43.1. The first kappa shape index (κ1) is 82.1. The number of aliphatic hydroxyl groups is 8. The highest BCUT2D eigenvalue weighted by atomic mass is 32.1. The molecule has 8 atom stereocenters. The van der Waals surface area contributed by atoms with Crippen LogP contribution in [0.3, 0.4) is 0 Å². The van der Waals surface area contributed by atoms with E-state index in [0.717, 1.165) is 4.90 Å². The molecule has 0 radical (unpaired) electrons. The van der Waals surface area contributed by atoms with E-state index in [-0.39, 0.29) is 104 Å². The number of carbonyl (C=O) groups is 11. The number of carbonyl (C=O) groups excluding carboxylic acids is 11. The summed E-state index contributed by atoms with van der Waals surface area (Å²) in [5, 5.41) is 97.8. The highest BCUT2D eigenvalue weighted by Crippen LogP contribution is 2.17. The second-order valence-corrected chi connectivity index (χ2v) is 20.0. The Morgan fingerprint density at radius 2 is 0.778 bits per heavy atom. The molecule has 1 saturated heterocycles. The topological polar surface area (TPSA) is 535 Å². The van der Waals surface area contributed by atoms with Crippen molar-refractivity contribution >= 4 is 77.6 Å². The summed E-state index contributed by atoms with van der Waals surface area (Å²) in [6.07, 6.45) is -10.9. The summed E-state index contributed by atoms with van der Waals surface area (Å²) in [5.74, 6) is -7.54. The standard InChI is InChI=1S/C52H92N10O27S/c63-7-3-35(65)49(78)37(67)26-54-40(69)2-1-34(51(80)60-27-38(68)50(79)36(66)4-8-64)61-41(70)5-9-82-11-13-84-15-17-86-19-21-88-23-24-89-22-20-87-18-16-85-14-12-83-10-6-53-42(71)28-55-43(72)29-56-44(73)30-57-45(74)31-58-46(75)32-59-47(76)33-62-48(77)25-39(90)52(62)81/h34-39,49-50,63-68,78-79,90H,1-33H2,(H,53,71)(H,54,69)(H,55,72)(H,56,73)(H,57,74)(H,58,75)(H,59,76)(H,60,80)(H,61,70)/t34-,35+,36+,37-,38-,39?,49-,50-/m0/s1. The van der Waals surface area contributed by atoms with E-state index in [9.17, 15) is 83.4 Å². The molecule has 17 N–H and O–H groups in total. The van der Waals surface area contributed by atoms with E-state index in [1.807, 2.05) is 0 Å². The Morgan fingerprint density at radius 1 is 0.422 bits per heavy atom. The molecule has 0 bridgehead atoms.